The maximum Gasteiger partial charge on any atom is 0.242 e. The normalized spacial score (nSPS) is 10.4. The van der Waals surface area contributed by atoms with E-state index >= 15 is 0 Å². The average molecular weight is 460 g/mol. The second-order valence-electron chi connectivity index (χ2n) is 7.57. The molecular formula is C27H17N5OS. The van der Waals surface area contributed by atoms with Gasteiger partial charge in [-0.2, -0.15) is 15.5 Å². The van der Waals surface area contributed by atoms with Crippen molar-refractivity contribution in [1.82, 2.24) is 9.97 Å². The van der Waals surface area contributed by atoms with E-state index in [9.17, 15) is 0 Å². The minimum absolute atomic E-state index is 0.414. The standard InChI is InChI=1S/C27H17N5OS/c1-17-14-21(20-6-2-18(15-28)3-7-20)8-11-24(17)33-26-25-23(12-13-34-25)31-27(32-26)30-22-9-4-19(16-29)5-10-22/h2-14H,1H3,(H,30,31,32). The highest BCUT2D eigenvalue weighted by atomic mass is 32.1. The second-order valence-corrected chi connectivity index (χ2v) is 8.49. The van der Waals surface area contributed by atoms with Crippen molar-refractivity contribution < 1.29 is 4.74 Å². The Bertz CT molecular complexity index is 1580. The van der Waals surface area contributed by atoms with Crippen LogP contribution in [0.4, 0.5) is 11.6 Å². The molecule has 0 amide bonds. The van der Waals surface area contributed by atoms with Gasteiger partial charge in [-0.05, 0) is 83.6 Å². The van der Waals surface area contributed by atoms with Gasteiger partial charge < -0.3 is 10.1 Å². The number of fused-ring (bicyclic) bond motifs is 1. The van der Waals surface area contributed by atoms with Crippen LogP contribution in [0.3, 0.4) is 0 Å². The summed E-state index contributed by atoms with van der Waals surface area (Å²) in [5, 5.41) is 23.1. The molecule has 1 N–H and O–H groups in total. The van der Waals surface area contributed by atoms with E-state index in [1.54, 1.807) is 12.1 Å². The smallest absolute Gasteiger partial charge is 0.242 e. The predicted molar refractivity (Wildman–Crippen MR) is 133 cm³/mol. The molecule has 2 aromatic heterocycles. The molecule has 3 aromatic carbocycles. The first-order valence-electron chi connectivity index (χ1n) is 10.4. The molecule has 5 aromatic rings. The van der Waals surface area contributed by atoms with Crippen molar-refractivity contribution in [2.75, 3.05) is 5.32 Å². The highest BCUT2D eigenvalue weighted by Gasteiger charge is 2.13. The number of anilines is 2. The van der Waals surface area contributed by atoms with Crippen molar-refractivity contribution in [3.63, 3.8) is 0 Å². The summed E-state index contributed by atoms with van der Waals surface area (Å²) in [5.41, 5.74) is 5.83. The Balaban J connectivity index is 1.44. The summed E-state index contributed by atoms with van der Waals surface area (Å²) in [6.45, 7) is 1.99. The molecular weight excluding hydrogens is 442 g/mol. The molecule has 0 spiro atoms. The molecule has 0 unspecified atom stereocenters. The Morgan fingerprint density at radius 3 is 2.18 bits per heavy atom. The quantitative estimate of drug-likeness (QED) is 0.306. The van der Waals surface area contributed by atoms with Crippen molar-refractivity contribution in [2.45, 2.75) is 6.92 Å². The first-order valence-corrected chi connectivity index (χ1v) is 11.3. The van der Waals surface area contributed by atoms with Crippen molar-refractivity contribution >= 4 is 33.2 Å². The van der Waals surface area contributed by atoms with E-state index in [0.29, 0.717) is 28.7 Å². The Kier molecular flexibility index (Phi) is 5.61. The van der Waals surface area contributed by atoms with Crippen LogP contribution in [0.5, 0.6) is 11.6 Å². The molecule has 162 valence electrons. The van der Waals surface area contributed by atoms with Gasteiger partial charge in [0.25, 0.3) is 0 Å². The Labute approximate surface area is 200 Å². The van der Waals surface area contributed by atoms with Crippen molar-refractivity contribution in [3.05, 3.63) is 94.9 Å². The third-order valence-corrected chi connectivity index (χ3v) is 6.16. The minimum Gasteiger partial charge on any atom is -0.437 e. The molecule has 5 rings (SSSR count). The van der Waals surface area contributed by atoms with Crippen LogP contribution in [0.15, 0.2) is 78.2 Å². The zero-order chi connectivity index (χ0) is 23.5. The van der Waals surface area contributed by atoms with Gasteiger partial charge in [-0.1, -0.05) is 18.2 Å². The topological polar surface area (TPSA) is 94.6 Å². The Morgan fingerprint density at radius 2 is 1.50 bits per heavy atom. The summed E-state index contributed by atoms with van der Waals surface area (Å²) >= 11 is 1.52. The lowest BCUT2D eigenvalue weighted by atomic mass is 10.0. The van der Waals surface area contributed by atoms with Crippen molar-refractivity contribution in [2.24, 2.45) is 0 Å². The van der Waals surface area contributed by atoms with Gasteiger partial charge in [-0.3, -0.25) is 0 Å². The van der Waals surface area contributed by atoms with Gasteiger partial charge >= 0.3 is 0 Å². The third kappa shape index (κ3) is 4.29. The van der Waals surface area contributed by atoms with E-state index in [1.165, 1.54) is 11.3 Å². The van der Waals surface area contributed by atoms with E-state index < -0.39 is 0 Å². The summed E-state index contributed by atoms with van der Waals surface area (Å²) in [7, 11) is 0. The van der Waals surface area contributed by atoms with E-state index in [4.69, 9.17) is 15.3 Å². The van der Waals surface area contributed by atoms with Gasteiger partial charge in [-0.15, -0.1) is 11.3 Å². The van der Waals surface area contributed by atoms with E-state index in [-0.39, 0.29) is 0 Å². The predicted octanol–water partition coefficient (Wildman–Crippen LogP) is 6.95. The molecule has 0 aliphatic carbocycles. The minimum atomic E-state index is 0.414. The molecule has 6 nitrogen and oxygen atoms in total. The number of aromatic nitrogens is 2. The fourth-order valence-corrected chi connectivity index (χ4v) is 4.26. The Hall–Kier alpha value is -4.72. The third-order valence-electron chi connectivity index (χ3n) is 5.27. The van der Waals surface area contributed by atoms with E-state index in [2.05, 4.69) is 33.5 Å². The average Bonchev–Trinajstić information content (AvgIpc) is 3.35. The van der Waals surface area contributed by atoms with Gasteiger partial charge in [0.15, 0.2) is 0 Å². The lowest BCUT2D eigenvalue weighted by Crippen LogP contribution is -1.99. The zero-order valence-corrected chi connectivity index (χ0v) is 18.9. The molecule has 0 fully saturated rings. The summed E-state index contributed by atoms with van der Waals surface area (Å²) in [5.74, 6) is 1.60. The van der Waals surface area contributed by atoms with Crippen LogP contribution in [-0.2, 0) is 0 Å². The van der Waals surface area contributed by atoms with Crippen LogP contribution in [0.2, 0.25) is 0 Å². The van der Waals surface area contributed by atoms with Gasteiger partial charge in [0.05, 0.1) is 28.8 Å². The number of thiophene rings is 1. The second kappa shape index (κ2) is 9.03. The van der Waals surface area contributed by atoms with Crippen molar-refractivity contribution in [3.8, 4) is 34.9 Å². The number of rotatable bonds is 5. The molecule has 0 aliphatic heterocycles. The number of nitrogens with zero attached hydrogens (tertiary/aromatic N) is 4. The van der Waals surface area contributed by atoms with Gasteiger partial charge in [-0.25, -0.2) is 4.98 Å². The molecule has 0 saturated heterocycles. The van der Waals surface area contributed by atoms with Crippen LogP contribution in [0, 0.1) is 29.6 Å². The molecule has 0 aliphatic rings. The number of nitrogens with one attached hydrogen (secondary N) is 1. The maximum absolute atomic E-state index is 9.01. The number of hydrogen-bond acceptors (Lipinski definition) is 7. The van der Waals surface area contributed by atoms with Gasteiger partial charge in [0.2, 0.25) is 11.8 Å². The number of aryl methyl sites for hydroxylation is 1. The first-order chi connectivity index (χ1) is 16.6. The number of ether oxygens (including phenoxy) is 1. The lowest BCUT2D eigenvalue weighted by Gasteiger charge is -2.12. The largest absolute Gasteiger partial charge is 0.437 e. The first kappa shape index (κ1) is 21.1. The van der Waals surface area contributed by atoms with Gasteiger partial charge in [0.1, 0.15) is 10.4 Å². The molecule has 0 radical (unpaired) electrons. The monoisotopic (exact) mass is 459 g/mol. The van der Waals surface area contributed by atoms with Crippen molar-refractivity contribution in [1.29, 1.82) is 10.5 Å². The molecule has 34 heavy (non-hydrogen) atoms. The molecule has 0 saturated carbocycles. The fourth-order valence-electron chi connectivity index (χ4n) is 3.50. The summed E-state index contributed by atoms with van der Waals surface area (Å²) in [6, 6.07) is 26.8. The zero-order valence-electron chi connectivity index (χ0n) is 18.1. The fraction of sp³-hybridized carbons (Fsp3) is 0.0370. The molecule has 7 heteroatoms. The highest BCUT2D eigenvalue weighted by molar-refractivity contribution is 7.17. The highest BCUT2D eigenvalue weighted by Crippen LogP contribution is 2.35. The van der Waals surface area contributed by atoms with Crippen LogP contribution in [0.1, 0.15) is 16.7 Å². The number of benzene rings is 3. The summed E-state index contributed by atoms with van der Waals surface area (Å²) < 4.78 is 7.12. The van der Waals surface area contributed by atoms with Crippen LogP contribution in [-0.4, -0.2) is 9.97 Å². The van der Waals surface area contributed by atoms with E-state index in [1.807, 2.05) is 66.9 Å². The molecule has 2 heterocycles. The summed E-state index contributed by atoms with van der Waals surface area (Å²) in [6.07, 6.45) is 0. The maximum atomic E-state index is 9.01. The SMILES string of the molecule is Cc1cc(-c2ccc(C#N)cc2)ccc1Oc1nc(Nc2ccc(C#N)cc2)nc2ccsc12. The number of nitriles is 2. The number of hydrogen-bond donors (Lipinski definition) is 1. The summed E-state index contributed by atoms with van der Waals surface area (Å²) in [4.78, 5) is 9.20. The molecule has 0 bridgehead atoms. The van der Waals surface area contributed by atoms with Gasteiger partial charge in [0, 0.05) is 5.69 Å². The van der Waals surface area contributed by atoms with Crippen LogP contribution in [0.25, 0.3) is 21.3 Å². The molecule has 0 atom stereocenters. The lowest BCUT2D eigenvalue weighted by molar-refractivity contribution is 0.466. The van der Waals surface area contributed by atoms with Crippen LogP contribution >= 0.6 is 11.3 Å². The Morgan fingerprint density at radius 1 is 0.824 bits per heavy atom. The van der Waals surface area contributed by atoms with Crippen LogP contribution < -0.4 is 10.1 Å². The van der Waals surface area contributed by atoms with E-state index in [0.717, 1.165) is 32.6 Å².